The lowest BCUT2D eigenvalue weighted by molar-refractivity contribution is 0.0929. The average Bonchev–Trinajstić information content (AvgIpc) is 3.21. The molecule has 0 radical (unpaired) electrons. The maximum atomic E-state index is 12.4. The Hall–Kier alpha value is -3.33. The molecule has 0 aliphatic carbocycles. The molecule has 9 heteroatoms. The molecule has 9 nitrogen and oxygen atoms in total. The fourth-order valence-electron chi connectivity index (χ4n) is 3.33. The van der Waals surface area contributed by atoms with Crippen molar-refractivity contribution in [1.82, 2.24) is 15.3 Å². The predicted molar refractivity (Wildman–Crippen MR) is 113 cm³/mol. The van der Waals surface area contributed by atoms with Crippen LogP contribution in [0.4, 0.5) is 11.8 Å². The van der Waals surface area contributed by atoms with Gasteiger partial charge in [0.25, 0.3) is 5.91 Å². The Balaban J connectivity index is 1.33. The van der Waals surface area contributed by atoms with E-state index in [4.69, 9.17) is 13.9 Å². The van der Waals surface area contributed by atoms with Crippen molar-refractivity contribution in [2.24, 2.45) is 0 Å². The van der Waals surface area contributed by atoms with Crippen molar-refractivity contribution >= 4 is 28.6 Å². The third-order valence-electron chi connectivity index (χ3n) is 4.82. The standard InChI is InChI=1S/C21H25N5O4/c1-14-12-18(26-8-10-29-11-9-26)25-21(24-14)23-7-6-22-20(27)17-13-15-4-3-5-16(28-2)19(15)30-17/h3-5,12-13H,6-11H2,1-2H3,(H,22,27)(H,23,24,25). The number of anilines is 2. The molecular formula is C21H25N5O4. The summed E-state index contributed by atoms with van der Waals surface area (Å²) < 4.78 is 16.3. The molecule has 1 amide bonds. The number of methoxy groups -OCH3 is 1. The second-order valence-electron chi connectivity index (χ2n) is 6.96. The van der Waals surface area contributed by atoms with E-state index >= 15 is 0 Å². The zero-order valence-electron chi connectivity index (χ0n) is 17.1. The minimum atomic E-state index is -0.283. The van der Waals surface area contributed by atoms with Crippen LogP contribution in [0, 0.1) is 6.92 Å². The van der Waals surface area contributed by atoms with Gasteiger partial charge >= 0.3 is 0 Å². The Bertz CT molecular complexity index is 1030. The first-order valence-electron chi connectivity index (χ1n) is 9.91. The molecule has 4 rings (SSSR count). The number of carbonyl (C=O) groups is 1. The van der Waals surface area contributed by atoms with Gasteiger partial charge in [-0.1, -0.05) is 12.1 Å². The zero-order chi connectivity index (χ0) is 20.9. The molecule has 1 aliphatic heterocycles. The van der Waals surface area contributed by atoms with Gasteiger partial charge in [-0.2, -0.15) is 4.98 Å². The molecule has 1 saturated heterocycles. The lowest BCUT2D eigenvalue weighted by Gasteiger charge is -2.28. The number of aromatic nitrogens is 2. The third kappa shape index (κ3) is 4.46. The normalized spacial score (nSPS) is 14.0. The van der Waals surface area contributed by atoms with Crippen LogP contribution in [0.2, 0.25) is 0 Å². The summed E-state index contributed by atoms with van der Waals surface area (Å²) in [5.41, 5.74) is 1.45. The van der Waals surface area contributed by atoms with Gasteiger partial charge in [-0.15, -0.1) is 0 Å². The Kier molecular flexibility index (Phi) is 5.99. The Labute approximate surface area is 174 Å². The molecular weight excluding hydrogens is 386 g/mol. The molecule has 1 fully saturated rings. The number of nitrogens with zero attached hydrogens (tertiary/aromatic N) is 3. The summed E-state index contributed by atoms with van der Waals surface area (Å²) >= 11 is 0. The summed E-state index contributed by atoms with van der Waals surface area (Å²) in [4.78, 5) is 23.6. The van der Waals surface area contributed by atoms with E-state index in [2.05, 4.69) is 25.5 Å². The van der Waals surface area contributed by atoms with Gasteiger partial charge in [-0.3, -0.25) is 4.79 Å². The van der Waals surface area contributed by atoms with Crippen molar-refractivity contribution in [3.63, 3.8) is 0 Å². The smallest absolute Gasteiger partial charge is 0.287 e. The van der Waals surface area contributed by atoms with Crippen LogP contribution in [-0.2, 0) is 4.74 Å². The highest BCUT2D eigenvalue weighted by Gasteiger charge is 2.15. The van der Waals surface area contributed by atoms with E-state index in [1.54, 1.807) is 19.2 Å². The summed E-state index contributed by atoms with van der Waals surface area (Å²) in [6, 6.07) is 9.20. The van der Waals surface area contributed by atoms with Gasteiger partial charge in [0.15, 0.2) is 17.1 Å². The summed E-state index contributed by atoms with van der Waals surface area (Å²) in [5, 5.41) is 6.83. The number of amides is 1. The average molecular weight is 411 g/mol. The number of hydrogen-bond acceptors (Lipinski definition) is 8. The second kappa shape index (κ2) is 9.00. The van der Waals surface area contributed by atoms with E-state index in [1.165, 1.54) is 0 Å². The Morgan fingerprint density at radius 3 is 2.83 bits per heavy atom. The first kappa shape index (κ1) is 20.0. The van der Waals surface area contributed by atoms with Crippen LogP contribution in [0.15, 0.2) is 34.7 Å². The maximum absolute atomic E-state index is 12.4. The van der Waals surface area contributed by atoms with Crippen molar-refractivity contribution < 1.29 is 18.7 Å². The number of morpholine rings is 1. The van der Waals surface area contributed by atoms with Crippen molar-refractivity contribution in [2.75, 3.05) is 56.7 Å². The van der Waals surface area contributed by atoms with E-state index in [0.717, 1.165) is 30.0 Å². The van der Waals surface area contributed by atoms with Crippen molar-refractivity contribution in [3.05, 3.63) is 41.8 Å². The number of carbonyl (C=O) groups excluding carboxylic acids is 1. The van der Waals surface area contributed by atoms with Crippen LogP contribution >= 0.6 is 0 Å². The number of rotatable bonds is 7. The highest BCUT2D eigenvalue weighted by atomic mass is 16.5. The minimum Gasteiger partial charge on any atom is -0.493 e. The van der Waals surface area contributed by atoms with Crippen molar-refractivity contribution in [2.45, 2.75) is 6.92 Å². The molecule has 1 aromatic carbocycles. The molecule has 0 atom stereocenters. The fraction of sp³-hybridized carbons (Fsp3) is 0.381. The van der Waals surface area contributed by atoms with Gasteiger partial charge in [0.2, 0.25) is 5.95 Å². The van der Waals surface area contributed by atoms with Crippen LogP contribution in [0.5, 0.6) is 5.75 Å². The number of aryl methyl sites for hydroxylation is 1. The highest BCUT2D eigenvalue weighted by molar-refractivity contribution is 5.97. The van der Waals surface area contributed by atoms with Crippen LogP contribution in [0.25, 0.3) is 11.0 Å². The number of nitrogens with one attached hydrogen (secondary N) is 2. The number of benzene rings is 1. The van der Waals surface area contributed by atoms with Gasteiger partial charge in [0.05, 0.1) is 20.3 Å². The van der Waals surface area contributed by atoms with Gasteiger partial charge in [-0.25, -0.2) is 4.98 Å². The highest BCUT2D eigenvalue weighted by Crippen LogP contribution is 2.28. The number of ether oxygens (including phenoxy) is 2. The van der Waals surface area contributed by atoms with E-state index in [-0.39, 0.29) is 11.7 Å². The molecule has 0 bridgehead atoms. The molecule has 30 heavy (non-hydrogen) atoms. The molecule has 1 aliphatic rings. The molecule has 158 valence electrons. The Morgan fingerprint density at radius 2 is 2.03 bits per heavy atom. The first-order chi connectivity index (χ1) is 14.6. The Morgan fingerprint density at radius 1 is 1.20 bits per heavy atom. The first-order valence-corrected chi connectivity index (χ1v) is 9.91. The van der Waals surface area contributed by atoms with Crippen LogP contribution < -0.4 is 20.3 Å². The monoisotopic (exact) mass is 411 g/mol. The lowest BCUT2D eigenvalue weighted by atomic mass is 10.2. The minimum absolute atomic E-state index is 0.246. The predicted octanol–water partition coefficient (Wildman–Crippen LogP) is 2.22. The van der Waals surface area contributed by atoms with Crippen LogP contribution in [-0.4, -0.2) is 62.4 Å². The fourth-order valence-corrected chi connectivity index (χ4v) is 3.33. The summed E-state index contributed by atoms with van der Waals surface area (Å²) in [6.07, 6.45) is 0. The molecule has 0 saturated carbocycles. The van der Waals surface area contributed by atoms with Gasteiger partial charge in [0, 0.05) is 43.3 Å². The summed E-state index contributed by atoms with van der Waals surface area (Å²) in [5.74, 6) is 1.98. The third-order valence-corrected chi connectivity index (χ3v) is 4.82. The molecule has 2 aromatic heterocycles. The molecule has 0 spiro atoms. The number of fused-ring (bicyclic) bond motifs is 1. The lowest BCUT2D eigenvalue weighted by Crippen LogP contribution is -2.37. The van der Waals surface area contributed by atoms with E-state index in [9.17, 15) is 4.79 Å². The summed E-state index contributed by atoms with van der Waals surface area (Å²) in [6.45, 7) is 5.85. The van der Waals surface area contributed by atoms with Crippen molar-refractivity contribution in [3.8, 4) is 5.75 Å². The number of furan rings is 1. The second-order valence-corrected chi connectivity index (χ2v) is 6.96. The number of para-hydroxylation sites is 1. The van der Waals surface area contributed by atoms with Gasteiger partial charge in [-0.05, 0) is 19.1 Å². The SMILES string of the molecule is COc1cccc2cc(C(=O)NCCNc3nc(C)cc(N4CCOCC4)n3)oc12. The zero-order valence-corrected chi connectivity index (χ0v) is 17.1. The number of hydrogen-bond donors (Lipinski definition) is 2. The van der Waals surface area contributed by atoms with Crippen molar-refractivity contribution in [1.29, 1.82) is 0 Å². The molecule has 0 unspecified atom stereocenters. The van der Waals surface area contributed by atoms with Crippen LogP contribution in [0.1, 0.15) is 16.2 Å². The van der Waals surface area contributed by atoms with E-state index in [0.29, 0.717) is 43.6 Å². The molecule has 2 N–H and O–H groups in total. The topological polar surface area (TPSA) is 102 Å². The largest absolute Gasteiger partial charge is 0.493 e. The quantitative estimate of drug-likeness (QED) is 0.571. The molecule has 3 aromatic rings. The van der Waals surface area contributed by atoms with Gasteiger partial charge in [0.1, 0.15) is 5.82 Å². The summed E-state index contributed by atoms with van der Waals surface area (Å²) in [7, 11) is 1.57. The van der Waals surface area contributed by atoms with Crippen LogP contribution in [0.3, 0.4) is 0 Å². The van der Waals surface area contributed by atoms with Gasteiger partial charge < -0.3 is 29.4 Å². The maximum Gasteiger partial charge on any atom is 0.287 e. The van der Waals surface area contributed by atoms with E-state index in [1.807, 2.05) is 25.1 Å². The van der Waals surface area contributed by atoms with E-state index < -0.39 is 0 Å². The molecule has 3 heterocycles.